The van der Waals surface area contributed by atoms with Gasteiger partial charge < -0.3 is 9.47 Å². The predicted molar refractivity (Wildman–Crippen MR) is 95.7 cm³/mol. The number of hydrogen-bond acceptors (Lipinski definition) is 2. The average Bonchev–Trinajstić information content (AvgIpc) is 3.04. The Hall–Kier alpha value is -2.10. The van der Waals surface area contributed by atoms with Gasteiger partial charge >= 0.3 is 0 Å². The molecule has 0 bridgehead atoms. The van der Waals surface area contributed by atoms with Gasteiger partial charge in [0.1, 0.15) is 0 Å². The average molecular weight is 325 g/mol. The van der Waals surface area contributed by atoms with E-state index in [0.717, 1.165) is 44.5 Å². The second-order valence-electron chi connectivity index (χ2n) is 6.76. The van der Waals surface area contributed by atoms with Gasteiger partial charge in [-0.15, -0.1) is 0 Å². The topological polar surface area (TPSA) is 38.1 Å². The summed E-state index contributed by atoms with van der Waals surface area (Å²) in [6, 6.07) is 10.7. The van der Waals surface area contributed by atoms with Gasteiger partial charge in [0.25, 0.3) is 0 Å². The molecule has 0 aliphatic carbocycles. The molecule has 1 aromatic heterocycles. The van der Waals surface area contributed by atoms with Gasteiger partial charge in [-0.05, 0) is 44.6 Å². The second-order valence-corrected chi connectivity index (χ2v) is 6.76. The van der Waals surface area contributed by atoms with Crippen LogP contribution in [-0.4, -0.2) is 32.9 Å². The summed E-state index contributed by atoms with van der Waals surface area (Å²) in [4.78, 5) is 19.1. The first-order valence-corrected chi connectivity index (χ1v) is 9.04. The molecule has 2 heterocycles. The zero-order chi connectivity index (χ0) is 16.8. The molecule has 4 heteroatoms. The van der Waals surface area contributed by atoms with Crippen LogP contribution < -0.4 is 0 Å². The number of nitrogens with zero attached hydrogens (tertiary/aromatic N) is 3. The fourth-order valence-electron chi connectivity index (χ4n) is 3.56. The molecule has 0 saturated carbocycles. The van der Waals surface area contributed by atoms with E-state index < -0.39 is 0 Å². The maximum absolute atomic E-state index is 12.7. The van der Waals surface area contributed by atoms with Crippen molar-refractivity contribution < 1.29 is 4.79 Å². The Morgan fingerprint density at radius 1 is 1.25 bits per heavy atom. The maximum Gasteiger partial charge on any atom is 0.223 e. The van der Waals surface area contributed by atoms with Crippen LogP contribution in [0, 0.1) is 6.92 Å². The fraction of sp³-hybridized carbons (Fsp3) is 0.500. The van der Waals surface area contributed by atoms with Crippen molar-refractivity contribution in [2.75, 3.05) is 6.54 Å². The van der Waals surface area contributed by atoms with E-state index in [2.05, 4.69) is 32.8 Å². The maximum atomic E-state index is 12.7. The van der Waals surface area contributed by atoms with Crippen LogP contribution in [0.25, 0.3) is 0 Å². The molecule has 3 rings (SSSR count). The third-order valence-electron chi connectivity index (χ3n) is 4.90. The molecule has 1 fully saturated rings. The normalized spacial score (nSPS) is 17.9. The van der Waals surface area contributed by atoms with Gasteiger partial charge in [-0.25, -0.2) is 4.98 Å². The smallest absolute Gasteiger partial charge is 0.223 e. The Balaban J connectivity index is 1.54. The van der Waals surface area contributed by atoms with E-state index in [1.165, 1.54) is 12.0 Å². The lowest BCUT2D eigenvalue weighted by molar-refractivity contribution is -0.135. The lowest BCUT2D eigenvalue weighted by atomic mass is 9.98. The Morgan fingerprint density at radius 3 is 2.83 bits per heavy atom. The highest BCUT2D eigenvalue weighted by atomic mass is 16.2. The van der Waals surface area contributed by atoms with Gasteiger partial charge in [-0.1, -0.05) is 30.3 Å². The third-order valence-corrected chi connectivity index (χ3v) is 4.90. The molecule has 0 radical (unpaired) electrons. The number of carbonyl (C=O) groups excluding carboxylic acids is 1. The van der Waals surface area contributed by atoms with Crippen molar-refractivity contribution in [3.05, 3.63) is 54.1 Å². The second kappa shape index (κ2) is 8.13. The minimum Gasteiger partial charge on any atom is -0.340 e. The number of aryl methyl sites for hydroxylation is 3. The molecule has 24 heavy (non-hydrogen) atoms. The van der Waals surface area contributed by atoms with Crippen molar-refractivity contribution in [2.45, 2.75) is 58.0 Å². The van der Waals surface area contributed by atoms with Crippen LogP contribution in [0.3, 0.4) is 0 Å². The number of carbonyl (C=O) groups is 1. The Morgan fingerprint density at radius 2 is 2.08 bits per heavy atom. The van der Waals surface area contributed by atoms with E-state index in [9.17, 15) is 4.79 Å². The Labute approximate surface area is 144 Å². The molecule has 1 aliphatic heterocycles. The molecule has 128 valence electrons. The molecule has 0 N–H and O–H groups in total. The molecule has 1 amide bonds. The van der Waals surface area contributed by atoms with E-state index >= 15 is 0 Å². The van der Waals surface area contributed by atoms with E-state index in [1.807, 2.05) is 31.5 Å². The zero-order valence-electron chi connectivity index (χ0n) is 14.5. The van der Waals surface area contributed by atoms with Crippen LogP contribution in [0.4, 0.5) is 0 Å². The summed E-state index contributed by atoms with van der Waals surface area (Å²) in [7, 11) is 0. The molecule has 2 aromatic rings. The Bertz CT molecular complexity index is 650. The lowest BCUT2D eigenvalue weighted by Crippen LogP contribution is -2.44. The number of amides is 1. The van der Waals surface area contributed by atoms with Crippen LogP contribution in [-0.2, 0) is 17.8 Å². The van der Waals surface area contributed by atoms with Crippen molar-refractivity contribution in [1.29, 1.82) is 0 Å². The molecule has 1 unspecified atom stereocenters. The molecular weight excluding hydrogens is 298 g/mol. The highest BCUT2D eigenvalue weighted by Gasteiger charge is 2.26. The first-order valence-electron chi connectivity index (χ1n) is 9.04. The summed E-state index contributed by atoms with van der Waals surface area (Å²) >= 11 is 0. The molecule has 1 saturated heterocycles. The molecule has 0 spiro atoms. The third kappa shape index (κ3) is 4.47. The monoisotopic (exact) mass is 325 g/mol. The van der Waals surface area contributed by atoms with Crippen molar-refractivity contribution in [3.8, 4) is 0 Å². The van der Waals surface area contributed by atoms with Crippen molar-refractivity contribution in [2.24, 2.45) is 0 Å². The predicted octanol–water partition coefficient (Wildman–Crippen LogP) is 3.60. The van der Waals surface area contributed by atoms with Gasteiger partial charge in [0.2, 0.25) is 5.91 Å². The van der Waals surface area contributed by atoms with Crippen LogP contribution in [0.1, 0.15) is 43.4 Å². The molecular formula is C20H27N3O. The summed E-state index contributed by atoms with van der Waals surface area (Å²) in [5, 5.41) is 0. The van der Waals surface area contributed by atoms with E-state index in [-0.39, 0.29) is 0 Å². The van der Waals surface area contributed by atoms with Gasteiger partial charge in [-0.2, -0.15) is 0 Å². The number of piperidine rings is 1. The minimum atomic E-state index is 0.311. The number of likely N-dealkylation sites (tertiary alicyclic amines) is 1. The SMILES string of the molecule is Cc1cn(CCC2CCCCN2C(=O)CCc2ccccc2)cn1. The molecule has 1 aliphatic rings. The van der Waals surface area contributed by atoms with E-state index in [1.54, 1.807) is 0 Å². The van der Waals surface area contributed by atoms with Gasteiger partial charge in [0.15, 0.2) is 0 Å². The van der Waals surface area contributed by atoms with Crippen molar-refractivity contribution >= 4 is 5.91 Å². The first-order chi connectivity index (χ1) is 11.7. The highest BCUT2D eigenvalue weighted by molar-refractivity contribution is 5.76. The first kappa shape index (κ1) is 16.7. The zero-order valence-corrected chi connectivity index (χ0v) is 14.5. The summed E-state index contributed by atoms with van der Waals surface area (Å²) in [5.74, 6) is 0.311. The summed E-state index contributed by atoms with van der Waals surface area (Å²) in [6.45, 7) is 3.87. The summed E-state index contributed by atoms with van der Waals surface area (Å²) in [5.41, 5.74) is 2.29. The molecule has 4 nitrogen and oxygen atoms in total. The standard InChI is InChI=1S/C20H27N3O/c1-17-15-22(16-21-17)14-12-19-9-5-6-13-23(19)20(24)11-10-18-7-3-2-4-8-18/h2-4,7-8,15-16,19H,5-6,9-14H2,1H3. The van der Waals surface area contributed by atoms with Gasteiger partial charge in [-0.3, -0.25) is 4.79 Å². The quantitative estimate of drug-likeness (QED) is 0.814. The summed E-state index contributed by atoms with van der Waals surface area (Å²) in [6.07, 6.45) is 9.93. The van der Waals surface area contributed by atoms with Crippen LogP contribution in [0.2, 0.25) is 0 Å². The molecule has 1 atom stereocenters. The number of benzene rings is 1. The largest absolute Gasteiger partial charge is 0.340 e. The lowest BCUT2D eigenvalue weighted by Gasteiger charge is -2.36. The van der Waals surface area contributed by atoms with Crippen molar-refractivity contribution in [3.63, 3.8) is 0 Å². The van der Waals surface area contributed by atoms with Crippen LogP contribution in [0.15, 0.2) is 42.9 Å². The molecule has 1 aromatic carbocycles. The van der Waals surface area contributed by atoms with E-state index in [4.69, 9.17) is 0 Å². The fourth-order valence-corrected chi connectivity index (χ4v) is 3.56. The number of hydrogen-bond donors (Lipinski definition) is 0. The highest BCUT2D eigenvalue weighted by Crippen LogP contribution is 2.22. The van der Waals surface area contributed by atoms with Crippen LogP contribution >= 0.6 is 0 Å². The number of imidazole rings is 1. The minimum absolute atomic E-state index is 0.311. The number of rotatable bonds is 6. The Kier molecular flexibility index (Phi) is 5.68. The number of aromatic nitrogens is 2. The van der Waals surface area contributed by atoms with Gasteiger partial charge in [0, 0.05) is 31.7 Å². The van der Waals surface area contributed by atoms with Gasteiger partial charge in [0.05, 0.1) is 12.0 Å². The van der Waals surface area contributed by atoms with Crippen molar-refractivity contribution in [1.82, 2.24) is 14.5 Å². The van der Waals surface area contributed by atoms with E-state index in [0.29, 0.717) is 18.4 Å². The van der Waals surface area contributed by atoms with Crippen LogP contribution in [0.5, 0.6) is 0 Å². The summed E-state index contributed by atoms with van der Waals surface area (Å²) < 4.78 is 2.14.